The molecule has 3 nitrogen and oxygen atoms in total. The summed E-state index contributed by atoms with van der Waals surface area (Å²) in [5, 5.41) is 12.8. The summed E-state index contributed by atoms with van der Waals surface area (Å²) in [5.41, 5.74) is 1.73. The summed E-state index contributed by atoms with van der Waals surface area (Å²) in [6.07, 6.45) is -0.824. The van der Waals surface area contributed by atoms with Crippen molar-refractivity contribution in [2.45, 2.75) is 44.6 Å². The summed E-state index contributed by atoms with van der Waals surface area (Å²) in [6.45, 7) is 2.00. The molecular formula is C16H21F2NO2. The van der Waals surface area contributed by atoms with Gasteiger partial charge in [-0.25, -0.2) is 8.78 Å². The zero-order valence-corrected chi connectivity index (χ0v) is 12.1. The molecule has 5 heteroatoms. The quantitative estimate of drug-likeness (QED) is 0.897. The second-order valence-electron chi connectivity index (χ2n) is 5.75. The average molecular weight is 297 g/mol. The van der Waals surface area contributed by atoms with Gasteiger partial charge in [-0.2, -0.15) is 0 Å². The van der Waals surface area contributed by atoms with E-state index in [1.54, 1.807) is 0 Å². The van der Waals surface area contributed by atoms with E-state index in [4.69, 9.17) is 0 Å². The standard InChI is InChI=1S/C16H21F2NO2/c1-11-4-2-3-5-13(11)14(20)10-19-15(21)12-6-8-16(17,18)9-7-12/h2-5,12,14,20H,6-10H2,1H3,(H,19,21). The highest BCUT2D eigenvalue weighted by molar-refractivity contribution is 5.78. The van der Waals surface area contributed by atoms with E-state index in [0.717, 1.165) is 11.1 Å². The maximum atomic E-state index is 13.0. The molecule has 1 fully saturated rings. The number of hydrogen-bond donors (Lipinski definition) is 2. The van der Waals surface area contributed by atoms with Crippen molar-refractivity contribution in [3.63, 3.8) is 0 Å². The molecule has 1 aliphatic carbocycles. The van der Waals surface area contributed by atoms with E-state index < -0.39 is 12.0 Å². The second kappa shape index (κ2) is 6.52. The summed E-state index contributed by atoms with van der Waals surface area (Å²) in [5.74, 6) is -3.23. The van der Waals surface area contributed by atoms with Crippen LogP contribution >= 0.6 is 0 Å². The Balaban J connectivity index is 1.83. The van der Waals surface area contributed by atoms with Gasteiger partial charge in [-0.15, -0.1) is 0 Å². The topological polar surface area (TPSA) is 49.3 Å². The number of aliphatic hydroxyl groups excluding tert-OH is 1. The first-order valence-electron chi connectivity index (χ1n) is 7.28. The first kappa shape index (κ1) is 15.9. The molecule has 0 bridgehead atoms. The molecule has 1 unspecified atom stereocenters. The van der Waals surface area contributed by atoms with Crippen LogP contribution in [-0.4, -0.2) is 23.5 Å². The molecule has 0 aliphatic heterocycles. The van der Waals surface area contributed by atoms with Crippen molar-refractivity contribution in [3.8, 4) is 0 Å². The minimum absolute atomic E-state index is 0.108. The maximum absolute atomic E-state index is 13.0. The third-order valence-electron chi connectivity index (χ3n) is 4.11. The molecular weight excluding hydrogens is 276 g/mol. The highest BCUT2D eigenvalue weighted by Crippen LogP contribution is 2.36. The minimum atomic E-state index is -2.63. The third-order valence-corrected chi connectivity index (χ3v) is 4.11. The average Bonchev–Trinajstić information content (AvgIpc) is 2.45. The molecule has 0 heterocycles. The van der Waals surface area contributed by atoms with E-state index in [9.17, 15) is 18.7 Å². The number of hydrogen-bond acceptors (Lipinski definition) is 2. The Morgan fingerprint density at radius 3 is 2.62 bits per heavy atom. The monoisotopic (exact) mass is 297 g/mol. The Kier molecular flexibility index (Phi) is 4.93. The van der Waals surface area contributed by atoms with Gasteiger partial charge in [-0.3, -0.25) is 4.79 Å². The Bertz CT molecular complexity index is 495. The number of aliphatic hydroxyl groups is 1. The van der Waals surface area contributed by atoms with Crippen LogP contribution in [0.5, 0.6) is 0 Å². The largest absolute Gasteiger partial charge is 0.387 e. The van der Waals surface area contributed by atoms with Crippen molar-refractivity contribution in [2.75, 3.05) is 6.54 Å². The van der Waals surface area contributed by atoms with Crippen molar-refractivity contribution in [1.29, 1.82) is 0 Å². The second-order valence-corrected chi connectivity index (χ2v) is 5.75. The van der Waals surface area contributed by atoms with Gasteiger partial charge in [0.1, 0.15) is 0 Å². The van der Waals surface area contributed by atoms with Crippen LogP contribution in [0.4, 0.5) is 8.78 Å². The summed E-state index contributed by atoms with van der Waals surface area (Å²) < 4.78 is 26.1. The van der Waals surface area contributed by atoms with Gasteiger partial charge in [0, 0.05) is 25.3 Å². The summed E-state index contributed by atoms with van der Waals surface area (Å²) in [4.78, 5) is 12.0. The van der Waals surface area contributed by atoms with E-state index in [0.29, 0.717) is 0 Å². The molecule has 1 amide bonds. The lowest BCUT2D eigenvalue weighted by molar-refractivity contribution is -0.129. The maximum Gasteiger partial charge on any atom is 0.248 e. The van der Waals surface area contributed by atoms with Gasteiger partial charge in [-0.1, -0.05) is 24.3 Å². The fourth-order valence-corrected chi connectivity index (χ4v) is 2.71. The number of rotatable bonds is 4. The van der Waals surface area contributed by atoms with Crippen LogP contribution in [0.2, 0.25) is 0 Å². The summed E-state index contributed by atoms with van der Waals surface area (Å²) in [6, 6.07) is 7.42. The molecule has 0 aromatic heterocycles. The van der Waals surface area contributed by atoms with E-state index in [1.165, 1.54) is 0 Å². The normalized spacial score (nSPS) is 20.0. The number of amides is 1. The zero-order chi connectivity index (χ0) is 15.5. The van der Waals surface area contributed by atoms with Gasteiger partial charge < -0.3 is 10.4 Å². The number of carbonyl (C=O) groups excluding carboxylic acids is 1. The van der Waals surface area contributed by atoms with Gasteiger partial charge in [0.05, 0.1) is 6.10 Å². The van der Waals surface area contributed by atoms with E-state index in [1.807, 2.05) is 31.2 Å². The Labute approximate surface area is 123 Å². The number of carbonyl (C=O) groups is 1. The molecule has 116 valence electrons. The minimum Gasteiger partial charge on any atom is -0.387 e. The first-order chi connectivity index (χ1) is 9.89. The van der Waals surface area contributed by atoms with Crippen LogP contribution in [-0.2, 0) is 4.79 Å². The first-order valence-corrected chi connectivity index (χ1v) is 7.28. The van der Waals surface area contributed by atoms with Gasteiger partial charge in [0.15, 0.2) is 0 Å². The SMILES string of the molecule is Cc1ccccc1C(O)CNC(=O)C1CCC(F)(F)CC1. The molecule has 2 rings (SSSR count). The van der Waals surface area contributed by atoms with Crippen LogP contribution in [0.25, 0.3) is 0 Å². The number of alkyl halides is 2. The van der Waals surface area contributed by atoms with Crippen molar-refractivity contribution >= 4 is 5.91 Å². The highest BCUT2D eigenvalue weighted by Gasteiger charge is 2.37. The number of halogens is 2. The molecule has 0 radical (unpaired) electrons. The molecule has 21 heavy (non-hydrogen) atoms. The Hall–Kier alpha value is -1.49. The molecule has 0 saturated heterocycles. The van der Waals surface area contributed by atoms with E-state index in [-0.39, 0.29) is 44.1 Å². The lowest BCUT2D eigenvalue weighted by Crippen LogP contribution is -2.37. The van der Waals surface area contributed by atoms with E-state index in [2.05, 4.69) is 5.32 Å². The fourth-order valence-electron chi connectivity index (χ4n) is 2.71. The van der Waals surface area contributed by atoms with Crippen molar-refractivity contribution in [3.05, 3.63) is 35.4 Å². The lowest BCUT2D eigenvalue weighted by atomic mass is 9.86. The van der Waals surface area contributed by atoms with Crippen LogP contribution in [0.15, 0.2) is 24.3 Å². The molecule has 0 spiro atoms. The van der Waals surface area contributed by atoms with Crippen LogP contribution < -0.4 is 5.32 Å². The molecule has 1 atom stereocenters. The number of benzene rings is 1. The van der Waals surface area contributed by atoms with Gasteiger partial charge in [-0.05, 0) is 30.9 Å². The molecule has 1 aromatic rings. The number of nitrogens with one attached hydrogen (secondary N) is 1. The highest BCUT2D eigenvalue weighted by atomic mass is 19.3. The van der Waals surface area contributed by atoms with Crippen LogP contribution in [0.3, 0.4) is 0 Å². The summed E-state index contributed by atoms with van der Waals surface area (Å²) >= 11 is 0. The lowest BCUT2D eigenvalue weighted by Gasteiger charge is -2.27. The molecule has 1 aliphatic rings. The Morgan fingerprint density at radius 2 is 2.00 bits per heavy atom. The number of aryl methyl sites for hydroxylation is 1. The van der Waals surface area contributed by atoms with Crippen LogP contribution in [0.1, 0.15) is 42.9 Å². The van der Waals surface area contributed by atoms with Crippen molar-refractivity contribution in [2.24, 2.45) is 5.92 Å². The molecule has 1 aromatic carbocycles. The third kappa shape index (κ3) is 4.24. The van der Waals surface area contributed by atoms with Gasteiger partial charge >= 0.3 is 0 Å². The van der Waals surface area contributed by atoms with Crippen LogP contribution in [0, 0.1) is 12.8 Å². The molecule has 1 saturated carbocycles. The van der Waals surface area contributed by atoms with E-state index >= 15 is 0 Å². The summed E-state index contributed by atoms with van der Waals surface area (Å²) in [7, 11) is 0. The van der Waals surface area contributed by atoms with Crippen molar-refractivity contribution < 1.29 is 18.7 Å². The molecule has 2 N–H and O–H groups in total. The van der Waals surface area contributed by atoms with Gasteiger partial charge in [0.25, 0.3) is 0 Å². The van der Waals surface area contributed by atoms with Crippen molar-refractivity contribution in [1.82, 2.24) is 5.32 Å². The Morgan fingerprint density at radius 1 is 1.38 bits per heavy atom. The smallest absolute Gasteiger partial charge is 0.248 e. The zero-order valence-electron chi connectivity index (χ0n) is 12.1. The predicted molar refractivity (Wildman–Crippen MR) is 76.1 cm³/mol. The fraction of sp³-hybridized carbons (Fsp3) is 0.562. The van der Waals surface area contributed by atoms with Gasteiger partial charge in [0.2, 0.25) is 11.8 Å². The predicted octanol–water partition coefficient (Wildman–Crippen LogP) is 2.97.